The predicted octanol–water partition coefficient (Wildman–Crippen LogP) is 5.32. The first-order valence-electron chi connectivity index (χ1n) is 7.96. The zero-order valence-corrected chi connectivity index (χ0v) is 15.2. The summed E-state index contributed by atoms with van der Waals surface area (Å²) in [5, 5.41) is 17.1. The van der Waals surface area contributed by atoms with E-state index in [4.69, 9.17) is 10.2 Å². The minimum atomic E-state index is -0.695. The molecule has 0 saturated carbocycles. The molecule has 0 fully saturated rings. The maximum atomic E-state index is 10.4. The normalized spacial score (nSPS) is 11.1. The average molecular weight is 359 g/mol. The lowest BCUT2D eigenvalue weighted by molar-refractivity contribution is -0.138. The minimum Gasteiger partial charge on any atom is -0.481 e. The topological polar surface area (TPSA) is 74.6 Å². The molecule has 0 aliphatic carbocycles. The van der Waals surface area contributed by atoms with Gasteiger partial charge in [0.05, 0.1) is 0 Å². The summed E-state index contributed by atoms with van der Waals surface area (Å²) in [5.74, 6) is -0.871. The first-order chi connectivity index (χ1) is 9.52. The van der Waals surface area contributed by atoms with Crippen LogP contribution in [0.15, 0.2) is 0 Å². The van der Waals surface area contributed by atoms with Crippen LogP contribution in [0.25, 0.3) is 0 Å². The predicted molar refractivity (Wildman–Crippen MR) is 94.3 cm³/mol. The van der Waals surface area contributed by atoms with E-state index in [1.54, 1.807) is 0 Å². The van der Waals surface area contributed by atoms with Crippen LogP contribution in [0.4, 0.5) is 0 Å². The summed E-state index contributed by atoms with van der Waals surface area (Å²) in [7, 11) is 0. The Balaban J connectivity index is -0.00000180. The number of carboxylic acid groups (broad SMARTS) is 2. The van der Waals surface area contributed by atoms with Gasteiger partial charge in [-0.25, -0.2) is 0 Å². The Morgan fingerprint density at radius 1 is 0.682 bits per heavy atom. The van der Waals surface area contributed by atoms with E-state index in [0.717, 1.165) is 32.1 Å². The number of unbranched alkanes of at least 4 members (excludes halogenated alkanes) is 7. The Kier molecular flexibility index (Phi) is 22.3. The van der Waals surface area contributed by atoms with Crippen LogP contribution in [0.5, 0.6) is 0 Å². The zero-order valence-electron chi connectivity index (χ0n) is 13.6. The molecule has 0 aromatic heterocycles. The highest BCUT2D eigenvalue weighted by Crippen LogP contribution is 2.16. The van der Waals surface area contributed by atoms with Gasteiger partial charge in [-0.2, -0.15) is 0 Å². The third-order valence-corrected chi connectivity index (χ3v) is 3.69. The van der Waals surface area contributed by atoms with Crippen molar-refractivity contribution < 1.29 is 19.8 Å². The second-order valence-electron chi connectivity index (χ2n) is 5.80. The molecule has 4 nitrogen and oxygen atoms in total. The van der Waals surface area contributed by atoms with Gasteiger partial charge in [-0.1, -0.05) is 58.3 Å². The van der Waals surface area contributed by atoms with Crippen molar-refractivity contribution in [1.82, 2.24) is 0 Å². The van der Waals surface area contributed by atoms with Gasteiger partial charge in [0, 0.05) is 12.8 Å². The molecule has 0 heterocycles. The highest BCUT2D eigenvalue weighted by atomic mass is 35.5. The largest absolute Gasteiger partial charge is 0.481 e. The van der Waals surface area contributed by atoms with Crippen molar-refractivity contribution in [3.8, 4) is 0 Å². The van der Waals surface area contributed by atoms with Crippen molar-refractivity contribution in [2.45, 2.75) is 84.0 Å². The van der Waals surface area contributed by atoms with Gasteiger partial charge in [0.2, 0.25) is 0 Å². The first-order valence-corrected chi connectivity index (χ1v) is 7.96. The van der Waals surface area contributed by atoms with E-state index < -0.39 is 11.9 Å². The second-order valence-corrected chi connectivity index (χ2v) is 5.80. The van der Waals surface area contributed by atoms with Crippen molar-refractivity contribution in [2.75, 3.05) is 0 Å². The van der Waals surface area contributed by atoms with Crippen LogP contribution < -0.4 is 0 Å². The Morgan fingerprint density at radius 3 is 1.55 bits per heavy atom. The van der Waals surface area contributed by atoms with E-state index in [1.807, 2.05) is 0 Å². The summed E-state index contributed by atoms with van der Waals surface area (Å²) >= 11 is 0. The fourth-order valence-corrected chi connectivity index (χ4v) is 2.34. The van der Waals surface area contributed by atoms with Gasteiger partial charge in [-0.15, -0.1) is 24.8 Å². The molecule has 0 radical (unpaired) electrons. The molecular weight excluding hydrogens is 327 g/mol. The maximum Gasteiger partial charge on any atom is 0.303 e. The number of carboxylic acids is 2. The van der Waals surface area contributed by atoms with E-state index >= 15 is 0 Å². The summed E-state index contributed by atoms with van der Waals surface area (Å²) < 4.78 is 0. The van der Waals surface area contributed by atoms with Crippen LogP contribution >= 0.6 is 24.8 Å². The van der Waals surface area contributed by atoms with Gasteiger partial charge in [0.1, 0.15) is 0 Å². The highest BCUT2D eigenvalue weighted by molar-refractivity contribution is 5.85. The second kappa shape index (κ2) is 18.6. The van der Waals surface area contributed by atoms with Gasteiger partial charge in [-0.05, 0) is 18.8 Å². The van der Waals surface area contributed by atoms with Crippen LogP contribution in [-0.4, -0.2) is 22.2 Å². The fraction of sp³-hybridized carbons (Fsp3) is 0.875. The standard InChI is InChI=1S/C16H30O4.2ClH/c1-14(12-13-16(19)20)10-8-6-4-2-3-5-7-9-11-15(17)18;;/h14H,2-13H2,1H3,(H,17,18)(H,19,20);2*1H. The van der Waals surface area contributed by atoms with Crippen molar-refractivity contribution in [3.05, 3.63) is 0 Å². The van der Waals surface area contributed by atoms with Gasteiger partial charge < -0.3 is 10.2 Å². The van der Waals surface area contributed by atoms with E-state index in [-0.39, 0.29) is 31.2 Å². The summed E-state index contributed by atoms with van der Waals surface area (Å²) in [4.78, 5) is 20.7. The van der Waals surface area contributed by atoms with Gasteiger partial charge in [-0.3, -0.25) is 9.59 Å². The third-order valence-electron chi connectivity index (χ3n) is 3.69. The molecule has 22 heavy (non-hydrogen) atoms. The Labute approximate surface area is 146 Å². The Bertz CT molecular complexity index is 273. The minimum absolute atomic E-state index is 0. The molecule has 0 aliphatic rings. The Hall–Kier alpha value is -0.480. The molecule has 1 atom stereocenters. The van der Waals surface area contributed by atoms with Crippen molar-refractivity contribution >= 4 is 36.8 Å². The molecule has 0 rings (SSSR count). The zero-order chi connectivity index (χ0) is 15.2. The quantitative estimate of drug-likeness (QED) is 0.412. The molecule has 6 heteroatoms. The summed E-state index contributed by atoms with van der Waals surface area (Å²) in [6.45, 7) is 2.13. The lowest BCUT2D eigenvalue weighted by Crippen LogP contribution is -2.01. The molecule has 0 aromatic carbocycles. The molecular formula is C16H32Cl2O4. The van der Waals surface area contributed by atoms with Crippen molar-refractivity contribution in [3.63, 3.8) is 0 Å². The smallest absolute Gasteiger partial charge is 0.303 e. The lowest BCUT2D eigenvalue weighted by atomic mass is 9.97. The first kappa shape index (κ1) is 26.4. The van der Waals surface area contributed by atoms with Crippen LogP contribution in [-0.2, 0) is 9.59 Å². The summed E-state index contributed by atoms with van der Waals surface area (Å²) in [6.07, 6.45) is 11.6. The summed E-state index contributed by atoms with van der Waals surface area (Å²) in [6, 6.07) is 0. The highest BCUT2D eigenvalue weighted by Gasteiger charge is 2.05. The maximum absolute atomic E-state index is 10.4. The monoisotopic (exact) mass is 358 g/mol. The van der Waals surface area contributed by atoms with E-state index in [0.29, 0.717) is 12.3 Å². The lowest BCUT2D eigenvalue weighted by Gasteiger charge is -2.09. The summed E-state index contributed by atoms with van der Waals surface area (Å²) in [5.41, 5.74) is 0. The van der Waals surface area contributed by atoms with Crippen LogP contribution in [0, 0.1) is 5.92 Å². The number of hydrogen-bond donors (Lipinski definition) is 2. The third kappa shape index (κ3) is 21.8. The van der Waals surface area contributed by atoms with Crippen LogP contribution in [0.3, 0.4) is 0 Å². The van der Waals surface area contributed by atoms with Crippen LogP contribution in [0.2, 0.25) is 0 Å². The van der Waals surface area contributed by atoms with Crippen molar-refractivity contribution in [1.29, 1.82) is 0 Å². The Morgan fingerprint density at radius 2 is 1.09 bits per heavy atom. The molecule has 0 aromatic rings. The molecule has 2 N–H and O–H groups in total. The van der Waals surface area contributed by atoms with Crippen LogP contribution in [0.1, 0.15) is 84.0 Å². The molecule has 0 bridgehead atoms. The average Bonchev–Trinajstić information content (AvgIpc) is 2.38. The number of aliphatic carboxylic acids is 2. The molecule has 134 valence electrons. The molecule has 0 saturated heterocycles. The van der Waals surface area contributed by atoms with Gasteiger partial charge in [0.25, 0.3) is 0 Å². The molecule has 0 amide bonds. The number of hydrogen-bond acceptors (Lipinski definition) is 2. The molecule has 0 spiro atoms. The number of carbonyl (C=O) groups is 2. The van der Waals surface area contributed by atoms with Crippen molar-refractivity contribution in [2.24, 2.45) is 5.92 Å². The molecule has 0 aliphatic heterocycles. The molecule has 1 unspecified atom stereocenters. The van der Waals surface area contributed by atoms with Gasteiger partial charge in [0.15, 0.2) is 0 Å². The number of rotatable bonds is 14. The van der Waals surface area contributed by atoms with E-state index in [9.17, 15) is 9.59 Å². The number of halogens is 2. The van der Waals surface area contributed by atoms with E-state index in [1.165, 1.54) is 32.1 Å². The van der Waals surface area contributed by atoms with Gasteiger partial charge >= 0.3 is 11.9 Å². The SMILES string of the molecule is CC(CCCCCCCCCCC(=O)O)CCC(=O)O.Cl.Cl. The van der Waals surface area contributed by atoms with E-state index in [2.05, 4.69) is 6.92 Å². The fourth-order valence-electron chi connectivity index (χ4n) is 2.34.